The number of rotatable bonds is 9. The predicted octanol–water partition coefficient (Wildman–Crippen LogP) is 1.29. The van der Waals surface area contributed by atoms with Crippen LogP contribution in [0.25, 0.3) is 5.69 Å². The van der Waals surface area contributed by atoms with Crippen molar-refractivity contribution in [1.29, 1.82) is 0 Å². The Balaban J connectivity index is 1.54. The molecular formula is C19H25N9O2. The van der Waals surface area contributed by atoms with Gasteiger partial charge < -0.3 is 25.4 Å². The topological polar surface area (TPSA) is 124 Å². The van der Waals surface area contributed by atoms with Crippen LogP contribution in [0.5, 0.6) is 5.88 Å². The standard InChI is InChI=1S/C19H25N9O2/c1-12-4-17(21-6-13-10-30-11-13)25-19(23-12)24-14-5-16(18(29-3)22-8-14)28-9-15(7-20-2)26-27-28/h4-5,8-9,13,20H,6-7,10-11H2,1-3H3,(H2,21,23,24,25). The zero-order chi connectivity index (χ0) is 20.9. The van der Waals surface area contributed by atoms with Crippen LogP contribution in [-0.2, 0) is 11.3 Å². The number of pyridine rings is 1. The normalized spacial score (nSPS) is 13.7. The molecular weight excluding hydrogens is 386 g/mol. The number of aromatic nitrogens is 6. The Morgan fingerprint density at radius 1 is 1.27 bits per heavy atom. The van der Waals surface area contributed by atoms with Gasteiger partial charge in [-0.05, 0) is 20.0 Å². The maximum absolute atomic E-state index is 5.39. The fourth-order valence-electron chi connectivity index (χ4n) is 3.00. The molecule has 0 spiro atoms. The van der Waals surface area contributed by atoms with Crippen molar-refractivity contribution in [2.75, 3.05) is 44.5 Å². The molecule has 1 fully saturated rings. The van der Waals surface area contributed by atoms with E-state index < -0.39 is 0 Å². The van der Waals surface area contributed by atoms with Gasteiger partial charge in [0.15, 0.2) is 0 Å². The quantitative estimate of drug-likeness (QED) is 0.474. The van der Waals surface area contributed by atoms with E-state index in [9.17, 15) is 0 Å². The molecule has 0 aromatic carbocycles. The average Bonchev–Trinajstić information content (AvgIpc) is 3.15. The zero-order valence-electron chi connectivity index (χ0n) is 17.2. The summed E-state index contributed by atoms with van der Waals surface area (Å²) in [5, 5.41) is 17.9. The van der Waals surface area contributed by atoms with Gasteiger partial charge in [-0.1, -0.05) is 5.21 Å². The van der Waals surface area contributed by atoms with Crippen LogP contribution in [0.15, 0.2) is 24.5 Å². The lowest BCUT2D eigenvalue weighted by Gasteiger charge is -2.26. The first-order chi connectivity index (χ1) is 14.6. The van der Waals surface area contributed by atoms with Gasteiger partial charge >= 0.3 is 0 Å². The summed E-state index contributed by atoms with van der Waals surface area (Å²) in [5.74, 6) is 2.22. The molecule has 4 rings (SSSR count). The van der Waals surface area contributed by atoms with Gasteiger partial charge in [-0.2, -0.15) is 4.98 Å². The van der Waals surface area contributed by atoms with Crippen LogP contribution in [0.2, 0.25) is 0 Å². The van der Waals surface area contributed by atoms with E-state index in [1.54, 1.807) is 18.0 Å². The van der Waals surface area contributed by atoms with Gasteiger partial charge in [0.25, 0.3) is 0 Å². The second-order valence-electron chi connectivity index (χ2n) is 7.06. The molecule has 0 saturated carbocycles. The SMILES string of the molecule is CNCc1cn(-c2cc(Nc3nc(C)cc(NCC4COC4)n3)cnc2OC)nn1. The van der Waals surface area contributed by atoms with Gasteiger partial charge in [-0.15, -0.1) is 5.10 Å². The summed E-state index contributed by atoms with van der Waals surface area (Å²) >= 11 is 0. The maximum Gasteiger partial charge on any atom is 0.239 e. The van der Waals surface area contributed by atoms with Crippen molar-refractivity contribution in [2.45, 2.75) is 13.5 Å². The van der Waals surface area contributed by atoms with E-state index in [4.69, 9.17) is 9.47 Å². The van der Waals surface area contributed by atoms with Crippen LogP contribution in [0.1, 0.15) is 11.4 Å². The number of nitrogens with zero attached hydrogens (tertiary/aromatic N) is 6. The van der Waals surface area contributed by atoms with Gasteiger partial charge in [-0.25, -0.2) is 14.6 Å². The van der Waals surface area contributed by atoms with Crippen molar-refractivity contribution in [3.8, 4) is 11.6 Å². The highest BCUT2D eigenvalue weighted by Crippen LogP contribution is 2.25. The molecule has 4 heterocycles. The Labute approximate surface area is 174 Å². The summed E-state index contributed by atoms with van der Waals surface area (Å²) in [6.45, 7) is 4.96. The summed E-state index contributed by atoms with van der Waals surface area (Å²) in [5.41, 5.74) is 3.04. The van der Waals surface area contributed by atoms with E-state index in [2.05, 4.69) is 41.2 Å². The first-order valence-electron chi connectivity index (χ1n) is 9.69. The van der Waals surface area contributed by atoms with Crippen LogP contribution in [0.4, 0.5) is 17.5 Å². The Kier molecular flexibility index (Phi) is 6.00. The van der Waals surface area contributed by atoms with Gasteiger partial charge in [0.1, 0.15) is 11.5 Å². The summed E-state index contributed by atoms with van der Waals surface area (Å²) in [6, 6.07) is 3.79. The predicted molar refractivity (Wildman–Crippen MR) is 111 cm³/mol. The Morgan fingerprint density at radius 2 is 2.13 bits per heavy atom. The first kappa shape index (κ1) is 20.0. The minimum absolute atomic E-state index is 0.441. The van der Waals surface area contributed by atoms with Crippen molar-refractivity contribution in [1.82, 2.24) is 35.3 Å². The van der Waals surface area contributed by atoms with E-state index in [0.29, 0.717) is 35.7 Å². The van der Waals surface area contributed by atoms with E-state index in [0.717, 1.165) is 37.0 Å². The summed E-state index contributed by atoms with van der Waals surface area (Å²) in [6.07, 6.45) is 3.49. The highest BCUT2D eigenvalue weighted by atomic mass is 16.5. The van der Waals surface area contributed by atoms with Gasteiger partial charge in [0.2, 0.25) is 11.8 Å². The molecule has 3 aromatic rings. The lowest BCUT2D eigenvalue weighted by molar-refractivity contribution is -0.0248. The molecule has 1 aliphatic heterocycles. The number of nitrogens with one attached hydrogen (secondary N) is 3. The molecule has 0 unspecified atom stereocenters. The Hall–Kier alpha value is -3.31. The average molecular weight is 411 g/mol. The monoisotopic (exact) mass is 411 g/mol. The third-order valence-electron chi connectivity index (χ3n) is 4.56. The Bertz CT molecular complexity index is 1000. The van der Waals surface area contributed by atoms with Gasteiger partial charge in [0, 0.05) is 30.8 Å². The first-order valence-corrected chi connectivity index (χ1v) is 9.69. The number of hydrogen-bond acceptors (Lipinski definition) is 10. The maximum atomic E-state index is 5.39. The van der Waals surface area contributed by atoms with Crippen LogP contribution in [0.3, 0.4) is 0 Å². The molecule has 0 radical (unpaired) electrons. The highest BCUT2D eigenvalue weighted by molar-refractivity contribution is 5.60. The number of ether oxygens (including phenoxy) is 2. The molecule has 1 aliphatic rings. The molecule has 11 nitrogen and oxygen atoms in total. The molecule has 3 aromatic heterocycles. The summed E-state index contributed by atoms with van der Waals surface area (Å²) < 4.78 is 12.2. The summed E-state index contributed by atoms with van der Waals surface area (Å²) in [4.78, 5) is 13.4. The van der Waals surface area contributed by atoms with Gasteiger partial charge in [-0.3, -0.25) is 0 Å². The number of methoxy groups -OCH3 is 1. The smallest absolute Gasteiger partial charge is 0.239 e. The highest BCUT2D eigenvalue weighted by Gasteiger charge is 2.18. The third kappa shape index (κ3) is 4.63. The minimum atomic E-state index is 0.441. The third-order valence-corrected chi connectivity index (χ3v) is 4.56. The molecule has 3 N–H and O–H groups in total. The van der Waals surface area contributed by atoms with Crippen molar-refractivity contribution < 1.29 is 9.47 Å². The largest absolute Gasteiger partial charge is 0.479 e. The molecule has 0 atom stereocenters. The minimum Gasteiger partial charge on any atom is -0.479 e. The number of aryl methyl sites for hydroxylation is 1. The molecule has 30 heavy (non-hydrogen) atoms. The lowest BCUT2D eigenvalue weighted by atomic mass is 10.1. The van der Waals surface area contributed by atoms with Crippen molar-refractivity contribution in [3.05, 3.63) is 35.9 Å². The fourth-order valence-corrected chi connectivity index (χ4v) is 3.00. The molecule has 158 valence electrons. The number of hydrogen-bond donors (Lipinski definition) is 3. The van der Waals surface area contributed by atoms with E-state index in [-0.39, 0.29) is 0 Å². The zero-order valence-corrected chi connectivity index (χ0v) is 17.2. The van der Waals surface area contributed by atoms with Crippen LogP contribution in [-0.4, -0.2) is 63.9 Å². The van der Waals surface area contributed by atoms with E-state index >= 15 is 0 Å². The van der Waals surface area contributed by atoms with E-state index in [1.807, 2.05) is 32.3 Å². The van der Waals surface area contributed by atoms with E-state index in [1.165, 1.54) is 0 Å². The number of anilines is 3. The van der Waals surface area contributed by atoms with Crippen molar-refractivity contribution in [2.24, 2.45) is 5.92 Å². The molecule has 1 saturated heterocycles. The van der Waals surface area contributed by atoms with Crippen molar-refractivity contribution in [3.63, 3.8) is 0 Å². The molecule has 0 aliphatic carbocycles. The van der Waals surface area contributed by atoms with Crippen molar-refractivity contribution >= 4 is 17.5 Å². The van der Waals surface area contributed by atoms with Crippen LogP contribution in [0, 0.1) is 12.8 Å². The molecule has 0 bridgehead atoms. The molecule has 0 amide bonds. The molecule has 11 heteroatoms. The van der Waals surface area contributed by atoms with Gasteiger partial charge in [0.05, 0.1) is 44.1 Å². The lowest BCUT2D eigenvalue weighted by Crippen LogP contribution is -2.33. The Morgan fingerprint density at radius 3 is 2.87 bits per heavy atom. The summed E-state index contributed by atoms with van der Waals surface area (Å²) in [7, 11) is 3.43. The van der Waals surface area contributed by atoms with Crippen LogP contribution >= 0.6 is 0 Å². The second kappa shape index (κ2) is 9.01. The van der Waals surface area contributed by atoms with Crippen LogP contribution < -0.4 is 20.7 Å². The second-order valence-corrected chi connectivity index (χ2v) is 7.06. The fraction of sp³-hybridized carbons (Fsp3) is 0.421.